The number of halogens is 1. The third-order valence-electron chi connectivity index (χ3n) is 2.12. The molecule has 0 unspecified atom stereocenters. The van der Waals surface area contributed by atoms with Gasteiger partial charge in [-0.25, -0.2) is 4.79 Å². The normalized spacial score (nSPS) is 17.4. The zero-order valence-electron chi connectivity index (χ0n) is 9.49. The van der Waals surface area contributed by atoms with E-state index in [9.17, 15) is 19.8 Å². The summed E-state index contributed by atoms with van der Waals surface area (Å²) in [6.07, 6.45) is -4.92. The van der Waals surface area contributed by atoms with E-state index < -0.39 is 37.0 Å². The van der Waals surface area contributed by atoms with Gasteiger partial charge in [-0.15, -0.1) is 11.6 Å². The van der Waals surface area contributed by atoms with E-state index in [-0.39, 0.29) is 18.7 Å². The molecule has 4 atom stereocenters. The van der Waals surface area contributed by atoms with Crippen LogP contribution in [-0.4, -0.2) is 76.1 Å². The number of aldehydes is 1. The molecule has 0 bridgehead atoms. The zero-order chi connectivity index (χ0) is 14.1. The summed E-state index contributed by atoms with van der Waals surface area (Å²) < 4.78 is 0. The first-order valence-electron chi connectivity index (χ1n) is 5.18. The van der Waals surface area contributed by atoms with Gasteiger partial charge in [-0.1, -0.05) is 0 Å². The van der Waals surface area contributed by atoms with Crippen molar-refractivity contribution in [3.63, 3.8) is 0 Å². The summed E-state index contributed by atoms with van der Waals surface area (Å²) in [7, 11) is 0. The molecular weight excluding hydrogens is 268 g/mol. The first kappa shape index (κ1) is 17.1. The standard InChI is InChI=1S/C9H17ClN2O6/c10-1-2-11-9(18)12-5(3-13)7(16)8(17)6(15)4-14/h3,5-8,14-17H,1-2,4H2,(H2,11,12,18)/t5-,6+,7+,8+/m1/s1. The molecule has 2 amide bonds. The highest BCUT2D eigenvalue weighted by Crippen LogP contribution is 2.03. The SMILES string of the molecule is O=C[C@@H](NC(=O)NCCCl)[C@H](O)[C@@H](O)[C@@H](O)CO. The Morgan fingerprint density at radius 1 is 1.28 bits per heavy atom. The molecule has 106 valence electrons. The van der Waals surface area contributed by atoms with E-state index in [4.69, 9.17) is 21.8 Å². The van der Waals surface area contributed by atoms with Crippen LogP contribution in [0.5, 0.6) is 0 Å². The Kier molecular flexibility index (Phi) is 8.59. The molecule has 0 spiro atoms. The van der Waals surface area contributed by atoms with Crippen molar-refractivity contribution in [3.8, 4) is 0 Å². The molecule has 0 aliphatic carbocycles. The lowest BCUT2D eigenvalue weighted by Gasteiger charge is -2.26. The first-order valence-corrected chi connectivity index (χ1v) is 5.72. The minimum absolute atomic E-state index is 0.164. The molecule has 0 saturated carbocycles. The van der Waals surface area contributed by atoms with E-state index in [1.165, 1.54) is 0 Å². The number of nitrogens with one attached hydrogen (secondary N) is 2. The van der Waals surface area contributed by atoms with Crippen molar-refractivity contribution >= 4 is 23.9 Å². The number of alkyl halides is 1. The maximum Gasteiger partial charge on any atom is 0.315 e. The molecule has 8 nitrogen and oxygen atoms in total. The Labute approximate surface area is 109 Å². The predicted molar refractivity (Wildman–Crippen MR) is 62.2 cm³/mol. The third-order valence-corrected chi connectivity index (χ3v) is 2.31. The van der Waals surface area contributed by atoms with Crippen molar-refractivity contribution < 1.29 is 30.0 Å². The van der Waals surface area contributed by atoms with Crippen LogP contribution in [0.25, 0.3) is 0 Å². The van der Waals surface area contributed by atoms with Crippen molar-refractivity contribution in [3.05, 3.63) is 0 Å². The minimum Gasteiger partial charge on any atom is -0.394 e. The zero-order valence-corrected chi connectivity index (χ0v) is 10.2. The van der Waals surface area contributed by atoms with Gasteiger partial charge in [0.15, 0.2) is 0 Å². The van der Waals surface area contributed by atoms with Gasteiger partial charge in [0.25, 0.3) is 0 Å². The van der Waals surface area contributed by atoms with Gasteiger partial charge in [0, 0.05) is 12.4 Å². The van der Waals surface area contributed by atoms with Crippen molar-refractivity contribution in [2.75, 3.05) is 19.0 Å². The molecule has 0 aromatic rings. The van der Waals surface area contributed by atoms with Gasteiger partial charge >= 0.3 is 6.03 Å². The van der Waals surface area contributed by atoms with Gasteiger partial charge in [-0.2, -0.15) is 0 Å². The smallest absolute Gasteiger partial charge is 0.315 e. The average molecular weight is 285 g/mol. The lowest BCUT2D eigenvalue weighted by molar-refractivity contribution is -0.119. The largest absolute Gasteiger partial charge is 0.394 e. The van der Waals surface area contributed by atoms with E-state index in [2.05, 4.69) is 10.6 Å². The first-order chi connectivity index (χ1) is 8.47. The van der Waals surface area contributed by atoms with Crippen molar-refractivity contribution in [1.82, 2.24) is 10.6 Å². The van der Waals surface area contributed by atoms with E-state index in [0.29, 0.717) is 0 Å². The molecule has 18 heavy (non-hydrogen) atoms. The maximum atomic E-state index is 11.2. The van der Waals surface area contributed by atoms with Crippen LogP contribution >= 0.6 is 11.6 Å². The number of hydrogen-bond donors (Lipinski definition) is 6. The molecular formula is C9H17ClN2O6. The summed E-state index contributed by atoms with van der Waals surface area (Å²) in [6.45, 7) is -0.626. The fourth-order valence-electron chi connectivity index (χ4n) is 1.11. The second-order valence-electron chi connectivity index (χ2n) is 3.48. The van der Waals surface area contributed by atoms with Crippen LogP contribution in [0.1, 0.15) is 0 Å². The molecule has 0 fully saturated rings. The maximum absolute atomic E-state index is 11.2. The van der Waals surface area contributed by atoms with Crippen LogP contribution in [0.2, 0.25) is 0 Å². The number of rotatable bonds is 8. The molecule has 0 saturated heterocycles. The van der Waals surface area contributed by atoms with E-state index in [1.807, 2.05) is 0 Å². The Morgan fingerprint density at radius 2 is 1.89 bits per heavy atom. The monoisotopic (exact) mass is 284 g/mol. The van der Waals surface area contributed by atoms with Crippen LogP contribution in [-0.2, 0) is 4.79 Å². The molecule has 0 aliphatic heterocycles. The van der Waals surface area contributed by atoms with Crippen LogP contribution in [0.3, 0.4) is 0 Å². The summed E-state index contributed by atoms with van der Waals surface area (Å²) in [5.74, 6) is 0.174. The van der Waals surface area contributed by atoms with Gasteiger partial charge in [-0.3, -0.25) is 0 Å². The fraction of sp³-hybridized carbons (Fsp3) is 0.778. The summed E-state index contributed by atoms with van der Waals surface area (Å²) in [5.41, 5.74) is 0. The van der Waals surface area contributed by atoms with E-state index >= 15 is 0 Å². The van der Waals surface area contributed by atoms with Crippen LogP contribution in [0, 0.1) is 0 Å². The molecule has 0 aromatic carbocycles. The number of aliphatic hydroxyl groups is 4. The topological polar surface area (TPSA) is 139 Å². The van der Waals surface area contributed by atoms with Gasteiger partial charge in [0.05, 0.1) is 6.61 Å². The highest BCUT2D eigenvalue weighted by molar-refractivity contribution is 6.18. The van der Waals surface area contributed by atoms with Crippen molar-refractivity contribution in [1.29, 1.82) is 0 Å². The molecule has 6 N–H and O–H groups in total. The second-order valence-corrected chi connectivity index (χ2v) is 3.86. The molecule has 0 aromatic heterocycles. The highest BCUT2D eigenvalue weighted by atomic mass is 35.5. The molecule has 0 aliphatic rings. The lowest BCUT2D eigenvalue weighted by atomic mass is 10.0. The number of carbonyl (C=O) groups excluding carboxylic acids is 2. The van der Waals surface area contributed by atoms with E-state index in [1.54, 1.807) is 0 Å². The van der Waals surface area contributed by atoms with Crippen molar-refractivity contribution in [2.45, 2.75) is 24.4 Å². The Bertz CT molecular complexity index is 267. The van der Waals surface area contributed by atoms with Crippen molar-refractivity contribution in [2.24, 2.45) is 0 Å². The van der Waals surface area contributed by atoms with Gasteiger partial charge < -0.3 is 35.9 Å². The van der Waals surface area contributed by atoms with Gasteiger partial charge in [0.2, 0.25) is 0 Å². The Balaban J connectivity index is 4.39. The molecule has 0 radical (unpaired) electrons. The third kappa shape index (κ3) is 5.61. The van der Waals surface area contributed by atoms with Gasteiger partial charge in [0.1, 0.15) is 30.6 Å². The highest BCUT2D eigenvalue weighted by Gasteiger charge is 2.31. The van der Waals surface area contributed by atoms with Crippen LogP contribution in [0.15, 0.2) is 0 Å². The van der Waals surface area contributed by atoms with E-state index in [0.717, 1.165) is 0 Å². The fourth-order valence-corrected chi connectivity index (χ4v) is 1.21. The Hall–Kier alpha value is -0.930. The summed E-state index contributed by atoms with van der Waals surface area (Å²) >= 11 is 5.33. The minimum atomic E-state index is -1.77. The number of hydrogen-bond acceptors (Lipinski definition) is 6. The second kappa shape index (κ2) is 9.06. The quantitative estimate of drug-likeness (QED) is 0.210. The van der Waals surface area contributed by atoms with Crippen LogP contribution in [0.4, 0.5) is 4.79 Å². The molecule has 9 heteroatoms. The predicted octanol–water partition coefficient (Wildman–Crippen LogP) is -2.83. The lowest BCUT2D eigenvalue weighted by Crippen LogP contribution is -2.55. The number of aliphatic hydroxyl groups excluding tert-OH is 4. The number of amides is 2. The summed E-state index contributed by atoms with van der Waals surface area (Å²) in [6, 6.07) is -2.17. The van der Waals surface area contributed by atoms with Crippen LogP contribution < -0.4 is 10.6 Å². The summed E-state index contributed by atoms with van der Waals surface area (Å²) in [5, 5.41) is 40.9. The summed E-state index contributed by atoms with van der Waals surface area (Å²) in [4.78, 5) is 21.9. The average Bonchev–Trinajstić information content (AvgIpc) is 2.39. The number of carbonyl (C=O) groups is 2. The molecule has 0 rings (SSSR count). The number of urea groups is 1. The molecule has 0 heterocycles. The Morgan fingerprint density at radius 3 is 2.33 bits per heavy atom. The van der Waals surface area contributed by atoms with Gasteiger partial charge in [-0.05, 0) is 0 Å².